The summed E-state index contributed by atoms with van der Waals surface area (Å²) in [4.78, 5) is 7.26. The van der Waals surface area contributed by atoms with E-state index in [0.29, 0.717) is 19.8 Å². The van der Waals surface area contributed by atoms with Gasteiger partial charge in [-0.2, -0.15) is 0 Å². The van der Waals surface area contributed by atoms with Crippen LogP contribution in [0, 0.1) is 0 Å². The molecule has 0 saturated heterocycles. The third-order valence-corrected chi connectivity index (χ3v) is 19.5. The molecule has 6 nitrogen and oxygen atoms in total. The highest BCUT2D eigenvalue weighted by molar-refractivity contribution is 5.84. The number of benzene rings is 12. The van der Waals surface area contributed by atoms with Crippen LogP contribution in [0.2, 0.25) is 0 Å². The van der Waals surface area contributed by atoms with Gasteiger partial charge in [-0.1, -0.05) is 203 Å². The van der Waals surface area contributed by atoms with Gasteiger partial charge in [0.25, 0.3) is 0 Å². The van der Waals surface area contributed by atoms with Crippen molar-refractivity contribution in [2.45, 2.75) is 104 Å². The van der Waals surface area contributed by atoms with E-state index in [2.05, 4.69) is 308 Å². The fraction of sp³-hybridized carbons (Fsp3) is 0.182. The normalized spacial score (nSPS) is 13.1. The predicted octanol–water partition coefficient (Wildman–Crippen LogP) is 22.0. The molecule has 3 heterocycles. The van der Waals surface area contributed by atoms with Crippen molar-refractivity contribution >= 4 is 51.2 Å². The molecule has 3 aliphatic heterocycles. The van der Waals surface area contributed by atoms with E-state index in [9.17, 15) is 0 Å². The Balaban J connectivity index is 0.702. The summed E-state index contributed by atoms with van der Waals surface area (Å²) in [5.41, 5.74) is 29.6. The molecule has 0 saturated carbocycles. The number of hydrogen-bond donors (Lipinski definition) is 0. The molecule has 0 bridgehead atoms. The third-order valence-electron chi connectivity index (χ3n) is 19.5. The molecular formula is C88H79N3O3. The molecule has 0 radical (unpaired) electrons. The van der Waals surface area contributed by atoms with Crippen molar-refractivity contribution in [3.63, 3.8) is 0 Å². The van der Waals surface area contributed by atoms with Crippen molar-refractivity contribution in [3.8, 4) is 17.2 Å². The summed E-state index contributed by atoms with van der Waals surface area (Å²) in [5.74, 6) is 2.64. The van der Waals surface area contributed by atoms with Crippen molar-refractivity contribution in [1.29, 1.82) is 0 Å². The molecule has 0 atom stereocenters. The van der Waals surface area contributed by atoms with E-state index in [1.807, 2.05) is 0 Å². The van der Waals surface area contributed by atoms with Gasteiger partial charge in [-0.15, -0.1) is 0 Å². The molecule has 0 amide bonds. The van der Waals surface area contributed by atoms with Gasteiger partial charge in [-0.25, -0.2) is 0 Å². The molecule has 0 spiro atoms. The third kappa shape index (κ3) is 12.1. The molecule has 464 valence electrons. The van der Waals surface area contributed by atoms with Crippen LogP contribution in [-0.2, 0) is 77.6 Å². The van der Waals surface area contributed by atoms with E-state index in [4.69, 9.17) is 14.2 Å². The zero-order valence-corrected chi connectivity index (χ0v) is 54.1. The van der Waals surface area contributed by atoms with Crippen LogP contribution < -0.4 is 28.9 Å². The zero-order valence-electron chi connectivity index (χ0n) is 54.1. The molecule has 0 fully saturated rings. The summed E-state index contributed by atoms with van der Waals surface area (Å²) >= 11 is 0. The lowest BCUT2D eigenvalue weighted by molar-refractivity contribution is 0.303. The molecule has 3 aliphatic rings. The summed E-state index contributed by atoms with van der Waals surface area (Å²) in [6, 6.07) is 100. The van der Waals surface area contributed by atoms with Crippen LogP contribution in [0.5, 0.6) is 17.2 Å². The van der Waals surface area contributed by atoms with Gasteiger partial charge in [0.05, 0.1) is 0 Å². The predicted molar refractivity (Wildman–Crippen MR) is 387 cm³/mol. The van der Waals surface area contributed by atoms with Gasteiger partial charge < -0.3 is 28.9 Å². The van der Waals surface area contributed by atoms with Gasteiger partial charge in [0.15, 0.2) is 0 Å². The zero-order chi connectivity index (χ0) is 63.3. The number of fused-ring (bicyclic) bond motifs is 6. The Bertz CT molecular complexity index is 4050. The second-order valence-electron chi connectivity index (χ2n) is 25.2. The molecule has 15 rings (SSSR count). The summed E-state index contributed by atoms with van der Waals surface area (Å²) in [6.45, 7) is 8.08. The first-order valence-corrected chi connectivity index (χ1v) is 33.9. The minimum atomic E-state index is -0.0802. The molecule has 0 aromatic heterocycles. The van der Waals surface area contributed by atoms with E-state index >= 15 is 0 Å². The maximum Gasteiger partial charge on any atom is 0.123 e. The Morgan fingerprint density at radius 3 is 0.713 bits per heavy atom. The van der Waals surface area contributed by atoms with Crippen LogP contribution in [0.4, 0.5) is 51.2 Å². The van der Waals surface area contributed by atoms with E-state index in [-0.39, 0.29) is 5.92 Å². The second kappa shape index (κ2) is 26.9. The SMILES string of the molecule is CCc1cc(C(c2ccc(OCc3ccc(N4c5ccccc5CCc5ccccc54)cc3)c(CC)c2)c2ccc(OCc3ccc(N4c5ccccc5CCc5ccccc54)cc3)c(CC)c2)ccc1OCc1ccc(N2c3ccccc3CCc3ccccc32)cc1. The Kier molecular flexibility index (Phi) is 17.1. The van der Waals surface area contributed by atoms with Gasteiger partial charge in [-0.05, 0) is 232 Å². The first-order valence-electron chi connectivity index (χ1n) is 33.9. The van der Waals surface area contributed by atoms with Gasteiger partial charge >= 0.3 is 0 Å². The molecule has 6 heteroatoms. The lowest BCUT2D eigenvalue weighted by Crippen LogP contribution is -2.11. The Hall–Kier alpha value is -10.6. The van der Waals surface area contributed by atoms with Crippen LogP contribution >= 0.6 is 0 Å². The summed E-state index contributed by atoms with van der Waals surface area (Å²) < 4.78 is 20.4. The van der Waals surface area contributed by atoms with Crippen LogP contribution in [-0.4, -0.2) is 0 Å². The minimum absolute atomic E-state index is 0.0802. The van der Waals surface area contributed by atoms with Gasteiger partial charge in [-0.3, -0.25) is 0 Å². The van der Waals surface area contributed by atoms with Crippen molar-refractivity contribution in [2.75, 3.05) is 14.7 Å². The summed E-state index contributed by atoms with van der Waals surface area (Å²) in [6.07, 6.45) is 8.57. The quantitative estimate of drug-likeness (QED) is 0.0797. The number of hydrogen-bond acceptors (Lipinski definition) is 6. The topological polar surface area (TPSA) is 37.4 Å². The number of aryl methyl sites for hydroxylation is 9. The Morgan fingerprint density at radius 1 is 0.266 bits per heavy atom. The number of rotatable bonds is 18. The van der Waals surface area contributed by atoms with Crippen LogP contribution in [0.3, 0.4) is 0 Å². The first kappa shape index (κ1) is 59.7. The number of nitrogens with zero attached hydrogens (tertiary/aromatic N) is 3. The summed E-state index contributed by atoms with van der Waals surface area (Å²) in [5, 5.41) is 0. The summed E-state index contributed by atoms with van der Waals surface area (Å²) in [7, 11) is 0. The van der Waals surface area contributed by atoms with Crippen molar-refractivity contribution in [3.05, 3.63) is 356 Å². The highest BCUT2D eigenvalue weighted by atomic mass is 16.5. The lowest BCUT2D eigenvalue weighted by atomic mass is 9.82. The first-order chi connectivity index (χ1) is 46.4. The smallest absolute Gasteiger partial charge is 0.123 e. The second-order valence-corrected chi connectivity index (χ2v) is 25.2. The van der Waals surface area contributed by atoms with Crippen molar-refractivity contribution in [1.82, 2.24) is 0 Å². The van der Waals surface area contributed by atoms with Gasteiger partial charge in [0, 0.05) is 57.1 Å². The fourth-order valence-corrected chi connectivity index (χ4v) is 14.5. The average molecular weight is 1230 g/mol. The fourth-order valence-electron chi connectivity index (χ4n) is 14.5. The van der Waals surface area contributed by atoms with E-state index in [1.165, 1.54) is 101 Å². The standard InChI is InChI=1S/C88H79N3O3/c1-4-64-55-73(43-52-85(64)92-58-61-31-46-76(47-32-61)89-79-25-13-7-19-67(79)37-38-68-20-8-14-26-80(68)89)88(74-44-53-86(65(5-2)56-74)93-59-62-33-48-77(49-34-62)90-81-27-15-9-21-69(81)39-40-70-22-10-16-28-82(70)90)75-45-54-87(66(6-3)57-75)94-60-63-35-50-78(51-36-63)91-83-29-17-11-23-71(83)41-42-72-24-12-18-30-84(72)91/h7-36,43-57,88H,4-6,37-42,58-60H2,1-3H3. The number of anilines is 9. The van der Waals surface area contributed by atoms with Crippen LogP contribution in [0.1, 0.15) is 110 Å². The highest BCUT2D eigenvalue weighted by Gasteiger charge is 2.27. The van der Waals surface area contributed by atoms with E-state index < -0.39 is 0 Å². The average Bonchev–Trinajstić information content (AvgIpc) is 1.40. The highest BCUT2D eigenvalue weighted by Crippen LogP contribution is 2.46. The van der Waals surface area contributed by atoms with Crippen molar-refractivity contribution < 1.29 is 14.2 Å². The molecule has 0 unspecified atom stereocenters. The van der Waals surface area contributed by atoms with E-state index in [1.54, 1.807) is 0 Å². The van der Waals surface area contributed by atoms with Crippen LogP contribution in [0.25, 0.3) is 0 Å². The largest absolute Gasteiger partial charge is 0.489 e. The van der Waals surface area contributed by atoms with E-state index in [0.717, 1.165) is 109 Å². The molecule has 12 aromatic rings. The van der Waals surface area contributed by atoms with Crippen molar-refractivity contribution in [2.24, 2.45) is 0 Å². The maximum absolute atomic E-state index is 6.80. The van der Waals surface area contributed by atoms with Gasteiger partial charge in [0.2, 0.25) is 0 Å². The maximum atomic E-state index is 6.80. The Morgan fingerprint density at radius 2 is 0.489 bits per heavy atom. The minimum Gasteiger partial charge on any atom is -0.489 e. The number of ether oxygens (including phenoxy) is 3. The monoisotopic (exact) mass is 1230 g/mol. The molecule has 0 aliphatic carbocycles. The molecule has 94 heavy (non-hydrogen) atoms. The molecular weight excluding hydrogens is 1150 g/mol. The molecule has 12 aromatic carbocycles. The molecule has 0 N–H and O–H groups in total. The lowest BCUT2D eigenvalue weighted by Gasteiger charge is -2.27. The van der Waals surface area contributed by atoms with Gasteiger partial charge in [0.1, 0.15) is 37.1 Å². The van der Waals surface area contributed by atoms with Crippen LogP contribution in [0.15, 0.2) is 273 Å². The Labute approximate surface area is 555 Å². The number of para-hydroxylation sites is 6.